The van der Waals surface area contributed by atoms with Gasteiger partial charge in [-0.1, -0.05) is 6.42 Å². The van der Waals surface area contributed by atoms with E-state index >= 15 is 0 Å². The van der Waals surface area contributed by atoms with E-state index in [1.807, 2.05) is 19.6 Å². The maximum atomic E-state index is 4.15. The summed E-state index contributed by atoms with van der Waals surface area (Å²) in [5.74, 6) is 0.820. The molecule has 0 bridgehead atoms. The molecule has 1 aliphatic rings. The van der Waals surface area contributed by atoms with E-state index < -0.39 is 0 Å². The number of nitrogens with zero attached hydrogens (tertiary/aromatic N) is 2. The lowest BCUT2D eigenvalue weighted by Gasteiger charge is -2.33. The summed E-state index contributed by atoms with van der Waals surface area (Å²) in [4.78, 5) is 4.15. The molecule has 0 radical (unpaired) electrons. The normalized spacial score (nSPS) is 19.8. The van der Waals surface area contributed by atoms with Gasteiger partial charge in [-0.25, -0.2) is 4.98 Å². The zero-order chi connectivity index (χ0) is 9.26. The van der Waals surface area contributed by atoms with Crippen LogP contribution in [-0.4, -0.2) is 16.6 Å². The lowest BCUT2D eigenvalue weighted by atomic mass is 9.78. The molecular formula is C10H17N3. The van der Waals surface area contributed by atoms with Crippen molar-refractivity contribution in [1.82, 2.24) is 14.9 Å². The van der Waals surface area contributed by atoms with Crippen LogP contribution in [0, 0.1) is 5.92 Å². The van der Waals surface area contributed by atoms with E-state index in [-0.39, 0.29) is 0 Å². The Morgan fingerprint density at radius 1 is 1.62 bits per heavy atom. The van der Waals surface area contributed by atoms with E-state index in [1.54, 1.807) is 0 Å². The number of imidazole rings is 1. The van der Waals surface area contributed by atoms with Crippen LogP contribution in [0.2, 0.25) is 0 Å². The number of hydrogen-bond donors (Lipinski definition) is 1. The van der Waals surface area contributed by atoms with Gasteiger partial charge in [-0.2, -0.15) is 0 Å². The van der Waals surface area contributed by atoms with Crippen LogP contribution < -0.4 is 5.32 Å². The van der Waals surface area contributed by atoms with Gasteiger partial charge in [0.15, 0.2) is 0 Å². The largest absolute Gasteiger partial charge is 0.336 e. The van der Waals surface area contributed by atoms with Gasteiger partial charge in [-0.15, -0.1) is 0 Å². The first-order chi connectivity index (χ1) is 6.33. The highest BCUT2D eigenvalue weighted by molar-refractivity contribution is 5.07. The van der Waals surface area contributed by atoms with Crippen LogP contribution in [0.1, 0.15) is 31.0 Å². The summed E-state index contributed by atoms with van der Waals surface area (Å²) in [7, 11) is 4.10. The molecule has 13 heavy (non-hydrogen) atoms. The summed E-state index contributed by atoms with van der Waals surface area (Å²) in [6, 6.07) is 0.501. The fourth-order valence-corrected chi connectivity index (χ4v) is 2.07. The number of hydrogen-bond acceptors (Lipinski definition) is 2. The van der Waals surface area contributed by atoms with Crippen molar-refractivity contribution in [2.45, 2.75) is 25.3 Å². The van der Waals surface area contributed by atoms with Crippen LogP contribution in [0.3, 0.4) is 0 Å². The Morgan fingerprint density at radius 2 is 2.38 bits per heavy atom. The molecule has 2 rings (SSSR count). The van der Waals surface area contributed by atoms with Crippen LogP contribution in [0.25, 0.3) is 0 Å². The van der Waals surface area contributed by atoms with Gasteiger partial charge in [-0.05, 0) is 25.8 Å². The topological polar surface area (TPSA) is 29.9 Å². The Hall–Kier alpha value is -0.830. The fourth-order valence-electron chi connectivity index (χ4n) is 2.07. The SMILES string of the molecule is CNC(c1cncn1C)C1CCC1. The van der Waals surface area contributed by atoms with E-state index in [1.165, 1.54) is 25.0 Å². The Kier molecular flexibility index (Phi) is 2.36. The van der Waals surface area contributed by atoms with Crippen molar-refractivity contribution < 1.29 is 0 Å². The van der Waals surface area contributed by atoms with E-state index in [4.69, 9.17) is 0 Å². The fraction of sp³-hybridized carbons (Fsp3) is 0.700. The second-order valence-electron chi connectivity index (χ2n) is 3.89. The minimum Gasteiger partial charge on any atom is -0.336 e. The molecule has 1 aliphatic carbocycles. The van der Waals surface area contributed by atoms with E-state index in [2.05, 4.69) is 21.9 Å². The average Bonchev–Trinajstić information content (AvgIpc) is 2.43. The van der Waals surface area contributed by atoms with Gasteiger partial charge >= 0.3 is 0 Å². The Bertz CT molecular complexity index is 275. The van der Waals surface area contributed by atoms with E-state index in [9.17, 15) is 0 Å². The van der Waals surface area contributed by atoms with Gasteiger partial charge in [0.05, 0.1) is 18.1 Å². The van der Waals surface area contributed by atoms with Gasteiger partial charge in [0.25, 0.3) is 0 Å². The highest BCUT2D eigenvalue weighted by Gasteiger charge is 2.28. The smallest absolute Gasteiger partial charge is 0.0946 e. The van der Waals surface area contributed by atoms with Crippen LogP contribution in [0.15, 0.2) is 12.5 Å². The molecule has 0 aliphatic heterocycles. The quantitative estimate of drug-likeness (QED) is 0.761. The molecule has 1 aromatic rings. The first-order valence-corrected chi connectivity index (χ1v) is 4.96. The van der Waals surface area contributed by atoms with Crippen LogP contribution in [0.4, 0.5) is 0 Å². The predicted molar refractivity (Wildman–Crippen MR) is 52.3 cm³/mol. The summed E-state index contributed by atoms with van der Waals surface area (Å²) >= 11 is 0. The van der Waals surface area contributed by atoms with Crippen LogP contribution >= 0.6 is 0 Å². The monoisotopic (exact) mass is 179 g/mol. The molecule has 1 heterocycles. The predicted octanol–water partition coefficient (Wildman–Crippen LogP) is 1.48. The third-order valence-electron chi connectivity index (χ3n) is 3.10. The number of aryl methyl sites for hydroxylation is 1. The third-order valence-corrected chi connectivity index (χ3v) is 3.10. The van der Waals surface area contributed by atoms with Crippen LogP contribution in [-0.2, 0) is 7.05 Å². The summed E-state index contributed by atoms with van der Waals surface area (Å²) in [5.41, 5.74) is 1.31. The van der Waals surface area contributed by atoms with Crippen molar-refractivity contribution in [3.05, 3.63) is 18.2 Å². The summed E-state index contributed by atoms with van der Waals surface area (Å²) in [5, 5.41) is 3.39. The summed E-state index contributed by atoms with van der Waals surface area (Å²) < 4.78 is 2.11. The minimum atomic E-state index is 0.501. The summed E-state index contributed by atoms with van der Waals surface area (Å²) in [6.45, 7) is 0. The second kappa shape index (κ2) is 3.50. The molecule has 0 aromatic carbocycles. The lowest BCUT2D eigenvalue weighted by molar-refractivity contribution is 0.233. The van der Waals surface area contributed by atoms with Gasteiger partial charge in [0, 0.05) is 13.2 Å². The molecule has 1 atom stereocenters. The zero-order valence-corrected chi connectivity index (χ0v) is 8.33. The first kappa shape index (κ1) is 8.75. The van der Waals surface area contributed by atoms with E-state index in [0.29, 0.717) is 6.04 Å². The van der Waals surface area contributed by atoms with Crippen molar-refractivity contribution in [2.24, 2.45) is 13.0 Å². The number of nitrogens with one attached hydrogen (secondary N) is 1. The average molecular weight is 179 g/mol. The zero-order valence-electron chi connectivity index (χ0n) is 8.33. The molecule has 0 saturated heterocycles. The molecule has 0 amide bonds. The van der Waals surface area contributed by atoms with Crippen molar-refractivity contribution >= 4 is 0 Å². The highest BCUT2D eigenvalue weighted by atomic mass is 15.1. The number of aromatic nitrogens is 2. The van der Waals surface area contributed by atoms with Crippen molar-refractivity contribution in [3.63, 3.8) is 0 Å². The molecule has 1 fully saturated rings. The highest BCUT2D eigenvalue weighted by Crippen LogP contribution is 2.36. The lowest BCUT2D eigenvalue weighted by Crippen LogP contribution is -2.31. The van der Waals surface area contributed by atoms with Gasteiger partial charge in [0.2, 0.25) is 0 Å². The maximum absolute atomic E-state index is 4.15. The molecular weight excluding hydrogens is 162 g/mol. The first-order valence-electron chi connectivity index (χ1n) is 4.96. The molecule has 0 spiro atoms. The van der Waals surface area contributed by atoms with Crippen molar-refractivity contribution in [3.8, 4) is 0 Å². The Morgan fingerprint density at radius 3 is 2.77 bits per heavy atom. The van der Waals surface area contributed by atoms with Gasteiger partial charge in [-0.3, -0.25) is 0 Å². The summed E-state index contributed by atoms with van der Waals surface area (Å²) in [6.07, 6.45) is 7.95. The maximum Gasteiger partial charge on any atom is 0.0946 e. The molecule has 3 heteroatoms. The molecule has 72 valence electrons. The third kappa shape index (κ3) is 1.48. The van der Waals surface area contributed by atoms with Gasteiger partial charge < -0.3 is 9.88 Å². The molecule has 1 unspecified atom stereocenters. The van der Waals surface area contributed by atoms with Crippen molar-refractivity contribution in [1.29, 1.82) is 0 Å². The second-order valence-corrected chi connectivity index (χ2v) is 3.89. The Labute approximate surface area is 79.2 Å². The minimum absolute atomic E-state index is 0.501. The van der Waals surface area contributed by atoms with Crippen molar-refractivity contribution in [2.75, 3.05) is 7.05 Å². The van der Waals surface area contributed by atoms with E-state index in [0.717, 1.165) is 5.92 Å². The molecule has 1 N–H and O–H groups in total. The van der Waals surface area contributed by atoms with Gasteiger partial charge in [0.1, 0.15) is 0 Å². The standard InChI is InChI=1S/C10H17N3/c1-11-10(8-4-3-5-8)9-6-12-7-13(9)2/h6-8,10-11H,3-5H2,1-2H3. The Balaban J connectivity index is 2.16. The molecule has 3 nitrogen and oxygen atoms in total. The number of rotatable bonds is 3. The molecule has 1 aromatic heterocycles. The molecule has 1 saturated carbocycles. The van der Waals surface area contributed by atoms with Crippen LogP contribution in [0.5, 0.6) is 0 Å².